The number of hydrogen-bond donors (Lipinski definition) is 1. The Balaban J connectivity index is 2.94. The number of carbonyl (C=O) groups is 1. The zero-order chi connectivity index (χ0) is 14.6. The third-order valence-corrected chi connectivity index (χ3v) is 4.50. The highest BCUT2D eigenvalue weighted by molar-refractivity contribution is 5.85. The summed E-state index contributed by atoms with van der Waals surface area (Å²) >= 11 is 0. The maximum atomic E-state index is 12.8. The van der Waals surface area contributed by atoms with Crippen molar-refractivity contribution < 1.29 is 4.79 Å². The van der Waals surface area contributed by atoms with Gasteiger partial charge in [-0.3, -0.25) is 10.1 Å². The van der Waals surface area contributed by atoms with E-state index in [0.29, 0.717) is 23.8 Å². The molecule has 19 heavy (non-hydrogen) atoms. The van der Waals surface area contributed by atoms with Gasteiger partial charge in [0.15, 0.2) is 0 Å². The minimum atomic E-state index is 0.0170. The van der Waals surface area contributed by atoms with Gasteiger partial charge in [0.2, 0.25) is 5.91 Å². The minimum Gasteiger partial charge on any atom is -0.323 e. The minimum absolute atomic E-state index is 0.0170. The number of nitrogens with one attached hydrogen (secondary N) is 1. The van der Waals surface area contributed by atoms with Gasteiger partial charge < -0.3 is 4.90 Å². The first kappa shape index (κ1) is 16.5. The van der Waals surface area contributed by atoms with Gasteiger partial charge in [0.25, 0.3) is 0 Å². The Bertz CT molecular complexity index is 290. The first-order chi connectivity index (χ1) is 8.97. The van der Waals surface area contributed by atoms with Crippen LogP contribution in [-0.4, -0.2) is 29.1 Å². The van der Waals surface area contributed by atoms with Crippen LogP contribution in [0.15, 0.2) is 0 Å². The second kappa shape index (κ2) is 7.28. The lowest BCUT2D eigenvalue weighted by atomic mass is 9.98. The van der Waals surface area contributed by atoms with Crippen molar-refractivity contribution in [2.24, 2.45) is 11.8 Å². The Morgan fingerprint density at radius 1 is 1.16 bits per heavy atom. The molecular formula is C16H32N2O. The monoisotopic (exact) mass is 268 g/mol. The third kappa shape index (κ3) is 3.50. The van der Waals surface area contributed by atoms with Crippen molar-refractivity contribution >= 4 is 5.91 Å². The lowest BCUT2D eigenvalue weighted by molar-refractivity contribution is -0.134. The molecule has 1 rings (SSSR count). The highest BCUT2D eigenvalue weighted by Crippen LogP contribution is 2.27. The van der Waals surface area contributed by atoms with Crippen LogP contribution in [0.1, 0.15) is 67.2 Å². The van der Waals surface area contributed by atoms with E-state index in [-0.39, 0.29) is 12.2 Å². The van der Waals surface area contributed by atoms with Crippen molar-refractivity contribution in [3.8, 4) is 0 Å². The summed E-state index contributed by atoms with van der Waals surface area (Å²) in [7, 11) is 0. The van der Waals surface area contributed by atoms with Gasteiger partial charge in [-0.15, -0.1) is 0 Å². The molecule has 0 aromatic heterocycles. The van der Waals surface area contributed by atoms with E-state index in [2.05, 4.69) is 51.8 Å². The van der Waals surface area contributed by atoms with Gasteiger partial charge in [-0.1, -0.05) is 54.4 Å². The maximum Gasteiger partial charge on any atom is 0.241 e. The van der Waals surface area contributed by atoms with E-state index in [1.165, 1.54) is 0 Å². The summed E-state index contributed by atoms with van der Waals surface area (Å²) in [4.78, 5) is 14.9. The summed E-state index contributed by atoms with van der Waals surface area (Å²) in [6, 6.07) is 0.412. The molecule has 1 heterocycles. The van der Waals surface area contributed by atoms with Gasteiger partial charge in [-0.25, -0.2) is 0 Å². The van der Waals surface area contributed by atoms with E-state index < -0.39 is 0 Å². The molecule has 4 unspecified atom stereocenters. The number of rotatable bonds is 7. The Kier molecular flexibility index (Phi) is 6.31. The number of nitrogens with zero attached hydrogens (tertiary/aromatic N) is 1. The summed E-state index contributed by atoms with van der Waals surface area (Å²) < 4.78 is 0. The quantitative estimate of drug-likeness (QED) is 0.767. The van der Waals surface area contributed by atoms with E-state index in [1.807, 2.05) is 0 Å². The summed E-state index contributed by atoms with van der Waals surface area (Å²) in [6.07, 6.45) is 4.56. The Hall–Kier alpha value is -0.570. The molecule has 0 bridgehead atoms. The highest BCUT2D eigenvalue weighted by Gasteiger charge is 2.44. The van der Waals surface area contributed by atoms with Gasteiger partial charge in [0.05, 0.1) is 12.2 Å². The SMILES string of the molecule is CCCC(CC)N1C(=O)C(C(C)CC)NC1C(C)C. The van der Waals surface area contributed by atoms with Gasteiger partial charge in [-0.2, -0.15) is 0 Å². The van der Waals surface area contributed by atoms with Crippen molar-refractivity contribution in [1.82, 2.24) is 10.2 Å². The van der Waals surface area contributed by atoms with Gasteiger partial charge in [0, 0.05) is 6.04 Å². The molecule has 1 aliphatic rings. The molecule has 0 aromatic rings. The van der Waals surface area contributed by atoms with Crippen molar-refractivity contribution in [1.29, 1.82) is 0 Å². The summed E-state index contributed by atoms with van der Waals surface area (Å²) in [5.41, 5.74) is 0. The molecule has 1 fully saturated rings. The van der Waals surface area contributed by atoms with Crippen LogP contribution in [0.25, 0.3) is 0 Å². The van der Waals surface area contributed by atoms with Crippen molar-refractivity contribution in [3.05, 3.63) is 0 Å². The fourth-order valence-corrected chi connectivity index (χ4v) is 3.07. The molecule has 0 radical (unpaired) electrons. The lowest BCUT2D eigenvalue weighted by Crippen LogP contribution is -2.47. The molecule has 4 atom stereocenters. The van der Waals surface area contributed by atoms with Crippen LogP contribution in [0.4, 0.5) is 0 Å². The molecule has 0 aromatic carbocycles. The van der Waals surface area contributed by atoms with Crippen LogP contribution in [0.5, 0.6) is 0 Å². The molecule has 1 saturated heterocycles. The standard InChI is InChI=1S/C16H32N2O/c1-7-10-13(9-3)18-15(11(4)5)17-14(16(18)19)12(6)8-2/h11-15,17H,7-10H2,1-6H3. The molecule has 1 amide bonds. The van der Waals surface area contributed by atoms with Crippen molar-refractivity contribution in [3.63, 3.8) is 0 Å². The molecule has 0 spiro atoms. The van der Waals surface area contributed by atoms with E-state index in [1.54, 1.807) is 0 Å². The van der Waals surface area contributed by atoms with Crippen LogP contribution in [0, 0.1) is 11.8 Å². The molecule has 0 aliphatic carbocycles. The van der Waals surface area contributed by atoms with Crippen LogP contribution >= 0.6 is 0 Å². The fraction of sp³-hybridized carbons (Fsp3) is 0.938. The number of carbonyl (C=O) groups excluding carboxylic acids is 1. The molecule has 0 saturated carbocycles. The Morgan fingerprint density at radius 2 is 1.79 bits per heavy atom. The van der Waals surface area contributed by atoms with E-state index in [9.17, 15) is 4.79 Å². The predicted molar refractivity (Wildman–Crippen MR) is 80.8 cm³/mol. The summed E-state index contributed by atoms with van der Waals surface area (Å²) in [6.45, 7) is 13.1. The Labute approximate surface area is 119 Å². The van der Waals surface area contributed by atoms with Crippen LogP contribution < -0.4 is 5.32 Å². The normalized spacial score (nSPS) is 27.1. The topological polar surface area (TPSA) is 32.3 Å². The molecule has 1 aliphatic heterocycles. The average molecular weight is 268 g/mol. The largest absolute Gasteiger partial charge is 0.323 e. The van der Waals surface area contributed by atoms with E-state index >= 15 is 0 Å². The fourth-order valence-electron chi connectivity index (χ4n) is 3.07. The molecular weight excluding hydrogens is 236 g/mol. The third-order valence-electron chi connectivity index (χ3n) is 4.50. The zero-order valence-electron chi connectivity index (χ0n) is 13.6. The number of amides is 1. The van der Waals surface area contributed by atoms with Crippen LogP contribution in [0.3, 0.4) is 0 Å². The summed E-state index contributed by atoms with van der Waals surface area (Å²) in [5, 5.41) is 3.59. The summed E-state index contributed by atoms with van der Waals surface area (Å²) in [5.74, 6) is 1.20. The second-order valence-electron chi connectivity index (χ2n) is 6.31. The molecule has 3 nitrogen and oxygen atoms in total. The van der Waals surface area contributed by atoms with E-state index in [4.69, 9.17) is 0 Å². The molecule has 3 heteroatoms. The smallest absolute Gasteiger partial charge is 0.241 e. The average Bonchev–Trinajstić information content (AvgIpc) is 2.73. The zero-order valence-corrected chi connectivity index (χ0v) is 13.6. The van der Waals surface area contributed by atoms with E-state index in [0.717, 1.165) is 25.7 Å². The second-order valence-corrected chi connectivity index (χ2v) is 6.31. The van der Waals surface area contributed by atoms with Gasteiger partial charge in [0.1, 0.15) is 0 Å². The lowest BCUT2D eigenvalue weighted by Gasteiger charge is -2.34. The highest BCUT2D eigenvalue weighted by atomic mass is 16.2. The first-order valence-corrected chi connectivity index (χ1v) is 8.05. The van der Waals surface area contributed by atoms with Crippen LogP contribution in [-0.2, 0) is 4.79 Å². The molecule has 112 valence electrons. The molecule has 1 N–H and O–H groups in total. The first-order valence-electron chi connectivity index (χ1n) is 8.05. The van der Waals surface area contributed by atoms with Crippen LogP contribution in [0.2, 0.25) is 0 Å². The predicted octanol–water partition coefficient (Wildman–Crippen LogP) is 3.39. The Morgan fingerprint density at radius 3 is 2.21 bits per heavy atom. The van der Waals surface area contributed by atoms with Crippen molar-refractivity contribution in [2.75, 3.05) is 0 Å². The van der Waals surface area contributed by atoms with Gasteiger partial charge in [-0.05, 0) is 24.7 Å². The number of hydrogen-bond acceptors (Lipinski definition) is 2. The maximum absolute atomic E-state index is 12.8. The van der Waals surface area contributed by atoms with Gasteiger partial charge >= 0.3 is 0 Å². The van der Waals surface area contributed by atoms with Crippen molar-refractivity contribution in [2.45, 2.75) is 85.5 Å².